The number of nitrogens with zero attached hydrogens (tertiary/aromatic N) is 2. The first-order valence-corrected chi connectivity index (χ1v) is 7.83. The average molecular weight is 375 g/mol. The van der Waals surface area contributed by atoms with E-state index in [1.807, 2.05) is 12.1 Å². The van der Waals surface area contributed by atoms with E-state index >= 15 is 0 Å². The molecule has 0 aliphatic heterocycles. The molecule has 0 aliphatic rings. The SMILES string of the molecule is COc1ccccc1Nc1ncnc(Nc2ccc(C(F)(F)F)cc2)c1N. The number of nitrogens with two attached hydrogens (primary N) is 1. The van der Waals surface area contributed by atoms with E-state index in [1.54, 1.807) is 19.2 Å². The van der Waals surface area contributed by atoms with Crippen LogP contribution in [0.5, 0.6) is 5.75 Å². The maximum Gasteiger partial charge on any atom is 0.416 e. The molecule has 0 amide bonds. The van der Waals surface area contributed by atoms with Gasteiger partial charge in [-0.1, -0.05) is 12.1 Å². The molecule has 0 saturated heterocycles. The number of para-hydroxylation sites is 2. The minimum absolute atomic E-state index is 0.211. The van der Waals surface area contributed by atoms with Gasteiger partial charge in [0, 0.05) is 5.69 Å². The molecule has 0 radical (unpaired) electrons. The summed E-state index contributed by atoms with van der Waals surface area (Å²) in [6.45, 7) is 0. The fourth-order valence-corrected chi connectivity index (χ4v) is 2.35. The highest BCUT2D eigenvalue weighted by molar-refractivity contribution is 5.81. The van der Waals surface area contributed by atoms with Crippen molar-refractivity contribution in [2.45, 2.75) is 6.18 Å². The highest BCUT2D eigenvalue weighted by Gasteiger charge is 2.29. The topological polar surface area (TPSA) is 85.1 Å². The molecule has 6 nitrogen and oxygen atoms in total. The largest absolute Gasteiger partial charge is 0.495 e. The molecule has 1 aromatic heterocycles. The zero-order valence-corrected chi connectivity index (χ0v) is 14.2. The summed E-state index contributed by atoms with van der Waals surface area (Å²) in [5.41, 5.74) is 6.65. The number of nitrogens with one attached hydrogen (secondary N) is 2. The van der Waals surface area contributed by atoms with Crippen LogP contribution in [0.4, 0.5) is 41.9 Å². The molecule has 0 fully saturated rings. The van der Waals surface area contributed by atoms with Gasteiger partial charge in [-0.15, -0.1) is 0 Å². The van der Waals surface area contributed by atoms with Crippen molar-refractivity contribution in [1.82, 2.24) is 9.97 Å². The van der Waals surface area contributed by atoms with Gasteiger partial charge in [0.2, 0.25) is 0 Å². The normalized spacial score (nSPS) is 11.1. The lowest BCUT2D eigenvalue weighted by Gasteiger charge is -2.14. The van der Waals surface area contributed by atoms with Crippen LogP contribution in [0.25, 0.3) is 0 Å². The smallest absolute Gasteiger partial charge is 0.416 e. The molecule has 0 aliphatic carbocycles. The van der Waals surface area contributed by atoms with Crippen LogP contribution in [-0.2, 0) is 6.18 Å². The van der Waals surface area contributed by atoms with E-state index in [0.29, 0.717) is 22.9 Å². The van der Waals surface area contributed by atoms with E-state index in [2.05, 4.69) is 20.6 Å². The summed E-state index contributed by atoms with van der Waals surface area (Å²) in [4.78, 5) is 8.16. The summed E-state index contributed by atoms with van der Waals surface area (Å²) in [5.74, 6) is 1.21. The van der Waals surface area contributed by atoms with Gasteiger partial charge >= 0.3 is 6.18 Å². The second-order valence-corrected chi connectivity index (χ2v) is 5.51. The summed E-state index contributed by atoms with van der Waals surface area (Å²) in [6, 6.07) is 11.8. The summed E-state index contributed by atoms with van der Waals surface area (Å²) in [6.07, 6.45) is -3.10. The number of aromatic nitrogens is 2. The van der Waals surface area contributed by atoms with E-state index in [4.69, 9.17) is 10.5 Å². The first-order chi connectivity index (χ1) is 12.9. The highest BCUT2D eigenvalue weighted by Crippen LogP contribution is 2.33. The van der Waals surface area contributed by atoms with Gasteiger partial charge in [0.05, 0.1) is 18.4 Å². The van der Waals surface area contributed by atoms with Gasteiger partial charge in [-0.05, 0) is 36.4 Å². The zero-order chi connectivity index (χ0) is 19.4. The summed E-state index contributed by atoms with van der Waals surface area (Å²) in [7, 11) is 1.54. The Morgan fingerprint density at radius 1 is 0.926 bits per heavy atom. The van der Waals surface area contributed by atoms with E-state index in [9.17, 15) is 13.2 Å². The molecule has 27 heavy (non-hydrogen) atoms. The van der Waals surface area contributed by atoms with Crippen LogP contribution in [0.2, 0.25) is 0 Å². The lowest BCUT2D eigenvalue weighted by molar-refractivity contribution is -0.137. The molecule has 3 rings (SSSR count). The molecule has 0 spiro atoms. The van der Waals surface area contributed by atoms with Crippen LogP contribution in [0, 0.1) is 0 Å². The van der Waals surface area contributed by atoms with E-state index in [-0.39, 0.29) is 11.5 Å². The Morgan fingerprint density at radius 3 is 2.19 bits per heavy atom. The van der Waals surface area contributed by atoms with Crippen molar-refractivity contribution in [1.29, 1.82) is 0 Å². The Morgan fingerprint density at radius 2 is 1.56 bits per heavy atom. The second kappa shape index (κ2) is 7.40. The van der Waals surface area contributed by atoms with Gasteiger partial charge in [0.1, 0.15) is 17.8 Å². The van der Waals surface area contributed by atoms with Gasteiger partial charge < -0.3 is 21.1 Å². The minimum atomic E-state index is -4.39. The van der Waals surface area contributed by atoms with Crippen LogP contribution in [0.15, 0.2) is 54.9 Å². The monoisotopic (exact) mass is 375 g/mol. The molecule has 0 unspecified atom stereocenters. The number of benzene rings is 2. The molecule has 9 heteroatoms. The van der Waals surface area contributed by atoms with Crippen LogP contribution in [-0.4, -0.2) is 17.1 Å². The summed E-state index contributed by atoms with van der Waals surface area (Å²) in [5, 5.41) is 5.95. The number of anilines is 5. The third-order valence-corrected chi connectivity index (χ3v) is 3.72. The van der Waals surface area contributed by atoms with Crippen molar-refractivity contribution in [2.24, 2.45) is 0 Å². The molecule has 140 valence electrons. The van der Waals surface area contributed by atoms with Crippen molar-refractivity contribution in [3.8, 4) is 5.75 Å². The molecule has 0 saturated carbocycles. The molecule has 3 aromatic rings. The molecular weight excluding hydrogens is 359 g/mol. The molecule has 0 bridgehead atoms. The van der Waals surface area contributed by atoms with Crippen molar-refractivity contribution in [3.63, 3.8) is 0 Å². The Hall–Kier alpha value is -3.49. The zero-order valence-electron chi connectivity index (χ0n) is 14.2. The fourth-order valence-electron chi connectivity index (χ4n) is 2.35. The van der Waals surface area contributed by atoms with Crippen LogP contribution in [0.3, 0.4) is 0 Å². The predicted octanol–water partition coefficient (Wildman–Crippen LogP) is 4.57. The maximum atomic E-state index is 12.7. The van der Waals surface area contributed by atoms with Crippen LogP contribution < -0.4 is 21.1 Å². The Bertz CT molecular complexity index is 929. The van der Waals surface area contributed by atoms with Crippen molar-refractivity contribution >= 4 is 28.7 Å². The molecule has 1 heterocycles. The average Bonchev–Trinajstić information content (AvgIpc) is 2.65. The van der Waals surface area contributed by atoms with Gasteiger partial charge in [-0.3, -0.25) is 0 Å². The minimum Gasteiger partial charge on any atom is -0.495 e. The van der Waals surface area contributed by atoms with Gasteiger partial charge in [-0.25, -0.2) is 9.97 Å². The number of nitrogen functional groups attached to an aromatic ring is 1. The van der Waals surface area contributed by atoms with Crippen LogP contribution in [0.1, 0.15) is 5.56 Å². The van der Waals surface area contributed by atoms with Gasteiger partial charge in [-0.2, -0.15) is 13.2 Å². The van der Waals surface area contributed by atoms with Crippen molar-refractivity contribution in [2.75, 3.05) is 23.5 Å². The third kappa shape index (κ3) is 4.20. The third-order valence-electron chi connectivity index (χ3n) is 3.72. The number of hydrogen-bond donors (Lipinski definition) is 3. The molecular formula is C18H16F3N5O. The number of alkyl halides is 3. The quantitative estimate of drug-likeness (QED) is 0.606. The number of hydrogen-bond acceptors (Lipinski definition) is 6. The van der Waals surface area contributed by atoms with Gasteiger partial charge in [0.25, 0.3) is 0 Å². The molecule has 0 atom stereocenters. The first-order valence-electron chi connectivity index (χ1n) is 7.83. The highest BCUT2D eigenvalue weighted by atomic mass is 19.4. The van der Waals surface area contributed by atoms with Crippen molar-refractivity contribution in [3.05, 3.63) is 60.4 Å². The van der Waals surface area contributed by atoms with E-state index in [1.165, 1.54) is 18.5 Å². The van der Waals surface area contributed by atoms with Gasteiger partial charge in [0.15, 0.2) is 11.6 Å². The lowest BCUT2D eigenvalue weighted by Crippen LogP contribution is -2.07. The number of methoxy groups -OCH3 is 1. The summed E-state index contributed by atoms with van der Waals surface area (Å²) >= 11 is 0. The van der Waals surface area contributed by atoms with Crippen molar-refractivity contribution < 1.29 is 17.9 Å². The Balaban J connectivity index is 1.83. The standard InChI is InChI=1S/C18H16F3N5O/c1-27-14-5-3-2-4-13(14)26-17-15(22)16(23-10-24-17)25-12-8-6-11(7-9-12)18(19,20)21/h2-10H,22H2,1H3,(H2,23,24,25,26). The maximum absolute atomic E-state index is 12.7. The predicted molar refractivity (Wildman–Crippen MR) is 97.4 cm³/mol. The molecule has 4 N–H and O–H groups in total. The number of rotatable bonds is 5. The summed E-state index contributed by atoms with van der Waals surface area (Å²) < 4.78 is 43.2. The number of ether oxygens (including phenoxy) is 1. The second-order valence-electron chi connectivity index (χ2n) is 5.51. The number of halogens is 3. The first kappa shape index (κ1) is 18.3. The lowest BCUT2D eigenvalue weighted by atomic mass is 10.2. The van der Waals surface area contributed by atoms with Crippen LogP contribution >= 0.6 is 0 Å². The van der Waals surface area contributed by atoms with E-state index < -0.39 is 11.7 Å². The molecule has 2 aromatic carbocycles. The fraction of sp³-hybridized carbons (Fsp3) is 0.111. The Kier molecular flexibility index (Phi) is 5.02. The Labute approximate surface area is 153 Å². The van der Waals surface area contributed by atoms with E-state index in [0.717, 1.165) is 12.1 Å².